The zero-order valence-electron chi connectivity index (χ0n) is 11.6. The lowest BCUT2D eigenvalue weighted by atomic mass is 10.2. The molecule has 1 aromatic heterocycles. The van der Waals surface area contributed by atoms with Crippen molar-refractivity contribution >= 4 is 33.0 Å². The first-order valence-electron chi connectivity index (χ1n) is 6.43. The summed E-state index contributed by atoms with van der Waals surface area (Å²) in [5.41, 5.74) is 6.38. The molecule has 2 aromatic rings. The van der Waals surface area contributed by atoms with Gasteiger partial charge in [-0.05, 0) is 42.8 Å². The maximum atomic E-state index is 12.5. The van der Waals surface area contributed by atoms with Crippen molar-refractivity contribution in [3.63, 3.8) is 0 Å². The Hall–Kier alpha value is -0.920. The molecule has 0 amide bonds. The topological polar surface area (TPSA) is 63.4 Å². The first-order chi connectivity index (χ1) is 9.93. The van der Waals surface area contributed by atoms with Gasteiger partial charge in [-0.2, -0.15) is 4.31 Å². The number of thiophene rings is 1. The molecule has 0 fully saturated rings. The van der Waals surface area contributed by atoms with Gasteiger partial charge < -0.3 is 5.73 Å². The quantitative estimate of drug-likeness (QED) is 0.876. The van der Waals surface area contributed by atoms with Crippen molar-refractivity contribution in [1.82, 2.24) is 4.31 Å². The molecule has 2 N–H and O–H groups in total. The summed E-state index contributed by atoms with van der Waals surface area (Å²) in [6.45, 7) is 0.824. The van der Waals surface area contributed by atoms with Gasteiger partial charge in [-0.3, -0.25) is 0 Å². The standard InChI is InChI=1S/C14H17ClN2O2S2/c1-17(10-11-2-4-12(15)5-3-11)21(18,19)14-7-6-13(20-14)8-9-16/h2-7H,8-10,16H2,1H3. The number of benzene rings is 1. The van der Waals surface area contributed by atoms with Crippen molar-refractivity contribution in [3.05, 3.63) is 51.9 Å². The van der Waals surface area contributed by atoms with E-state index >= 15 is 0 Å². The Kier molecular flexibility index (Phi) is 5.40. The van der Waals surface area contributed by atoms with Crippen LogP contribution in [0.1, 0.15) is 10.4 Å². The molecular formula is C14H17ClN2O2S2. The van der Waals surface area contributed by atoms with Gasteiger partial charge in [0.05, 0.1) is 0 Å². The highest BCUT2D eigenvalue weighted by atomic mass is 35.5. The molecule has 2 rings (SSSR count). The maximum Gasteiger partial charge on any atom is 0.252 e. The zero-order chi connectivity index (χ0) is 15.5. The Morgan fingerprint density at radius 3 is 2.48 bits per heavy atom. The Balaban J connectivity index is 2.15. The van der Waals surface area contributed by atoms with Gasteiger partial charge in [0.2, 0.25) is 0 Å². The van der Waals surface area contributed by atoms with E-state index in [2.05, 4.69) is 0 Å². The predicted molar refractivity (Wildman–Crippen MR) is 87.2 cm³/mol. The number of sulfonamides is 1. The number of halogens is 1. The van der Waals surface area contributed by atoms with Crippen molar-refractivity contribution in [3.8, 4) is 0 Å². The lowest BCUT2D eigenvalue weighted by Gasteiger charge is -2.16. The van der Waals surface area contributed by atoms with E-state index < -0.39 is 10.0 Å². The predicted octanol–water partition coefficient (Wildman–Crippen LogP) is 2.72. The second kappa shape index (κ2) is 6.89. The smallest absolute Gasteiger partial charge is 0.252 e. The molecule has 0 aliphatic carbocycles. The highest BCUT2D eigenvalue weighted by molar-refractivity contribution is 7.91. The molecule has 0 spiro atoms. The van der Waals surface area contributed by atoms with E-state index in [1.165, 1.54) is 15.6 Å². The molecule has 0 bridgehead atoms. The van der Waals surface area contributed by atoms with Crippen molar-refractivity contribution in [2.75, 3.05) is 13.6 Å². The lowest BCUT2D eigenvalue weighted by Crippen LogP contribution is -2.25. The van der Waals surface area contributed by atoms with E-state index in [0.29, 0.717) is 28.7 Å². The Morgan fingerprint density at radius 1 is 1.19 bits per heavy atom. The SMILES string of the molecule is CN(Cc1ccc(Cl)cc1)S(=O)(=O)c1ccc(CCN)s1. The minimum Gasteiger partial charge on any atom is -0.330 e. The molecule has 0 atom stereocenters. The third kappa shape index (κ3) is 4.05. The molecular weight excluding hydrogens is 328 g/mol. The van der Waals surface area contributed by atoms with Gasteiger partial charge in [0.15, 0.2) is 0 Å². The molecule has 1 heterocycles. The monoisotopic (exact) mass is 344 g/mol. The molecule has 7 heteroatoms. The molecule has 114 valence electrons. The molecule has 0 saturated carbocycles. The number of nitrogens with zero attached hydrogens (tertiary/aromatic N) is 1. The molecule has 1 aromatic carbocycles. The van der Waals surface area contributed by atoms with Crippen LogP contribution in [0.2, 0.25) is 5.02 Å². The average molecular weight is 345 g/mol. The minimum absolute atomic E-state index is 0.309. The molecule has 4 nitrogen and oxygen atoms in total. The maximum absolute atomic E-state index is 12.5. The first-order valence-corrected chi connectivity index (χ1v) is 9.06. The first kappa shape index (κ1) is 16.5. The number of rotatable bonds is 6. The summed E-state index contributed by atoms with van der Waals surface area (Å²) in [6, 6.07) is 10.6. The van der Waals surface area contributed by atoms with Crippen LogP contribution in [0.15, 0.2) is 40.6 Å². The van der Waals surface area contributed by atoms with Gasteiger partial charge in [0.1, 0.15) is 4.21 Å². The van der Waals surface area contributed by atoms with E-state index in [0.717, 1.165) is 10.4 Å². The number of nitrogens with two attached hydrogens (primary N) is 1. The van der Waals surface area contributed by atoms with E-state index in [1.807, 2.05) is 18.2 Å². The second-order valence-corrected chi connectivity index (χ2v) is 8.52. The Bertz CT molecular complexity index is 696. The lowest BCUT2D eigenvalue weighted by molar-refractivity contribution is 0.468. The largest absolute Gasteiger partial charge is 0.330 e. The van der Waals surface area contributed by atoms with Crippen LogP contribution in [-0.4, -0.2) is 26.3 Å². The third-order valence-corrected chi connectivity index (χ3v) is 6.68. The van der Waals surface area contributed by atoms with Crippen molar-refractivity contribution < 1.29 is 8.42 Å². The normalized spacial score (nSPS) is 12.0. The van der Waals surface area contributed by atoms with Crippen LogP contribution in [0.25, 0.3) is 0 Å². The van der Waals surface area contributed by atoms with Gasteiger partial charge in [-0.1, -0.05) is 23.7 Å². The van der Waals surface area contributed by atoms with Crippen molar-refractivity contribution in [2.24, 2.45) is 5.73 Å². The Morgan fingerprint density at radius 2 is 1.86 bits per heavy atom. The van der Waals surface area contributed by atoms with Gasteiger partial charge in [0, 0.05) is 23.5 Å². The van der Waals surface area contributed by atoms with Crippen molar-refractivity contribution in [2.45, 2.75) is 17.2 Å². The van der Waals surface area contributed by atoms with E-state index in [-0.39, 0.29) is 0 Å². The van der Waals surface area contributed by atoms with Crippen molar-refractivity contribution in [1.29, 1.82) is 0 Å². The zero-order valence-corrected chi connectivity index (χ0v) is 14.0. The summed E-state index contributed by atoms with van der Waals surface area (Å²) in [6.07, 6.45) is 0.696. The van der Waals surface area contributed by atoms with Crippen LogP contribution in [0.4, 0.5) is 0 Å². The second-order valence-electron chi connectivity index (χ2n) is 4.65. The van der Waals surface area contributed by atoms with E-state index in [1.54, 1.807) is 25.2 Å². The summed E-state index contributed by atoms with van der Waals surface area (Å²) < 4.78 is 26.7. The van der Waals surface area contributed by atoms with Gasteiger partial charge in [0.25, 0.3) is 10.0 Å². The molecule has 0 aliphatic heterocycles. The average Bonchev–Trinajstić information content (AvgIpc) is 2.91. The molecule has 0 radical (unpaired) electrons. The van der Waals surface area contributed by atoms with Crippen LogP contribution < -0.4 is 5.73 Å². The van der Waals surface area contributed by atoms with E-state index in [9.17, 15) is 8.42 Å². The minimum atomic E-state index is -3.47. The Labute approximate surface area is 134 Å². The molecule has 0 saturated heterocycles. The highest BCUT2D eigenvalue weighted by Crippen LogP contribution is 2.25. The summed E-state index contributed by atoms with van der Waals surface area (Å²) >= 11 is 7.10. The summed E-state index contributed by atoms with van der Waals surface area (Å²) in [5.74, 6) is 0. The molecule has 0 unspecified atom stereocenters. The fraction of sp³-hybridized carbons (Fsp3) is 0.286. The van der Waals surface area contributed by atoms with Gasteiger partial charge >= 0.3 is 0 Å². The third-order valence-electron chi connectivity index (χ3n) is 3.01. The molecule has 0 aliphatic rings. The van der Waals surface area contributed by atoms with Crippen LogP contribution >= 0.6 is 22.9 Å². The van der Waals surface area contributed by atoms with Crippen LogP contribution in [0, 0.1) is 0 Å². The summed E-state index contributed by atoms with van der Waals surface area (Å²) in [7, 11) is -1.89. The fourth-order valence-corrected chi connectivity index (χ4v) is 4.73. The van der Waals surface area contributed by atoms with Gasteiger partial charge in [-0.25, -0.2) is 8.42 Å². The fourth-order valence-electron chi connectivity index (χ4n) is 1.86. The van der Waals surface area contributed by atoms with Crippen LogP contribution in [0.5, 0.6) is 0 Å². The number of hydrogen-bond acceptors (Lipinski definition) is 4. The number of hydrogen-bond donors (Lipinski definition) is 1. The van der Waals surface area contributed by atoms with Gasteiger partial charge in [-0.15, -0.1) is 11.3 Å². The van der Waals surface area contributed by atoms with E-state index in [4.69, 9.17) is 17.3 Å². The highest BCUT2D eigenvalue weighted by Gasteiger charge is 2.22. The van der Waals surface area contributed by atoms with Crippen LogP contribution in [0.3, 0.4) is 0 Å². The summed E-state index contributed by atoms with van der Waals surface area (Å²) in [4.78, 5) is 0.982. The summed E-state index contributed by atoms with van der Waals surface area (Å²) in [5, 5.41) is 0.633. The molecule has 21 heavy (non-hydrogen) atoms. The van der Waals surface area contributed by atoms with Crippen LogP contribution in [-0.2, 0) is 23.0 Å².